The van der Waals surface area contributed by atoms with Crippen LogP contribution in [0.3, 0.4) is 0 Å². The monoisotopic (exact) mass is 482 g/mol. The highest BCUT2D eigenvalue weighted by atomic mass is 32.2. The van der Waals surface area contributed by atoms with Gasteiger partial charge in [0.15, 0.2) is 9.84 Å². The van der Waals surface area contributed by atoms with Crippen LogP contribution in [-0.2, 0) is 19.4 Å². The van der Waals surface area contributed by atoms with Gasteiger partial charge in [-0.2, -0.15) is 5.26 Å². The largest absolute Gasteiger partial charge is 0.392 e. The first-order valence-electron chi connectivity index (χ1n) is 11.0. The van der Waals surface area contributed by atoms with E-state index < -0.39 is 39.4 Å². The number of aliphatic hydroxyl groups excluding tert-OH is 1. The molecule has 2 amide bonds. The Morgan fingerprint density at radius 2 is 2.09 bits per heavy atom. The third-order valence-electron chi connectivity index (χ3n) is 6.37. The van der Waals surface area contributed by atoms with Crippen LogP contribution in [0.4, 0.5) is 5.69 Å². The summed E-state index contributed by atoms with van der Waals surface area (Å²) in [5, 5.41) is 24.7. The first kappa shape index (κ1) is 23.9. The van der Waals surface area contributed by atoms with Gasteiger partial charge in [-0.3, -0.25) is 9.59 Å². The Bertz CT molecular complexity index is 1270. The molecule has 2 aliphatic heterocycles. The number of fused-ring (bicyclic) bond motifs is 1. The van der Waals surface area contributed by atoms with Crippen molar-refractivity contribution in [2.45, 2.75) is 29.3 Å². The molecule has 2 heterocycles. The molecule has 0 saturated carbocycles. The van der Waals surface area contributed by atoms with E-state index in [1.165, 1.54) is 13.1 Å². The number of sulfone groups is 1. The van der Waals surface area contributed by atoms with Gasteiger partial charge in [-0.15, -0.1) is 0 Å². The lowest BCUT2D eigenvalue weighted by atomic mass is 9.79. The Morgan fingerprint density at radius 1 is 1.29 bits per heavy atom. The van der Waals surface area contributed by atoms with Crippen LogP contribution in [0.5, 0.6) is 0 Å². The molecule has 2 aromatic carbocycles. The van der Waals surface area contributed by atoms with Gasteiger partial charge in [-0.25, -0.2) is 8.42 Å². The Morgan fingerprint density at radius 3 is 2.76 bits per heavy atom. The zero-order valence-electron chi connectivity index (χ0n) is 18.7. The van der Waals surface area contributed by atoms with Crippen molar-refractivity contribution in [3.05, 3.63) is 59.2 Å². The number of hydrogen-bond acceptors (Lipinski definition) is 7. The van der Waals surface area contributed by atoms with E-state index in [0.717, 1.165) is 5.56 Å². The van der Waals surface area contributed by atoms with E-state index in [0.29, 0.717) is 37.2 Å². The fourth-order valence-corrected chi connectivity index (χ4v) is 6.06. The molecule has 1 fully saturated rings. The molecule has 3 N–H and O–H groups in total. The van der Waals surface area contributed by atoms with E-state index >= 15 is 0 Å². The van der Waals surface area contributed by atoms with Gasteiger partial charge in [0.25, 0.3) is 0 Å². The normalized spacial score (nSPS) is 21.1. The Balaban J connectivity index is 1.82. The van der Waals surface area contributed by atoms with Crippen molar-refractivity contribution >= 4 is 27.3 Å². The lowest BCUT2D eigenvalue weighted by Crippen LogP contribution is -2.37. The predicted molar refractivity (Wildman–Crippen MR) is 125 cm³/mol. The summed E-state index contributed by atoms with van der Waals surface area (Å²) in [6.45, 7) is 1.60. The average molecular weight is 483 g/mol. The molecule has 0 aromatic heterocycles. The Kier molecular flexibility index (Phi) is 6.70. The maximum Gasteiger partial charge on any atom is 0.239 e. The molecule has 2 aromatic rings. The summed E-state index contributed by atoms with van der Waals surface area (Å²) in [4.78, 5) is 27.3. The second kappa shape index (κ2) is 9.54. The van der Waals surface area contributed by atoms with Gasteiger partial charge in [-0.05, 0) is 41.8 Å². The van der Waals surface area contributed by atoms with Gasteiger partial charge in [-0.1, -0.05) is 18.2 Å². The van der Waals surface area contributed by atoms with E-state index in [9.17, 15) is 28.4 Å². The number of nitriles is 1. The maximum atomic E-state index is 13.2. The van der Waals surface area contributed by atoms with Crippen LogP contribution in [0, 0.1) is 11.3 Å². The third kappa shape index (κ3) is 4.82. The molecular formula is C24H26N4O5S. The third-order valence-corrected chi connectivity index (χ3v) is 8.04. The van der Waals surface area contributed by atoms with Crippen LogP contribution in [0.1, 0.15) is 34.9 Å². The van der Waals surface area contributed by atoms with Gasteiger partial charge in [0, 0.05) is 32.6 Å². The van der Waals surface area contributed by atoms with Gasteiger partial charge >= 0.3 is 0 Å². The molecule has 0 bridgehead atoms. The number of hydrogen-bond donors (Lipinski definition) is 3. The summed E-state index contributed by atoms with van der Waals surface area (Å²) in [7, 11) is -2.22. The highest BCUT2D eigenvalue weighted by Gasteiger charge is 2.36. The van der Waals surface area contributed by atoms with Crippen LogP contribution < -0.4 is 10.6 Å². The van der Waals surface area contributed by atoms with Crippen molar-refractivity contribution in [3.8, 4) is 6.07 Å². The second-order valence-corrected chi connectivity index (χ2v) is 10.7. The number of nitrogens with one attached hydrogen (secondary N) is 2. The topological polar surface area (TPSA) is 140 Å². The number of carbonyl (C=O) groups excluding carboxylic acids is 2. The van der Waals surface area contributed by atoms with E-state index in [1.54, 1.807) is 30.3 Å². The summed E-state index contributed by atoms with van der Waals surface area (Å²) in [6, 6.07) is 13.8. The zero-order chi connectivity index (χ0) is 24.5. The van der Waals surface area contributed by atoms with Crippen LogP contribution >= 0.6 is 0 Å². The number of benzene rings is 2. The Labute approximate surface area is 198 Å². The summed E-state index contributed by atoms with van der Waals surface area (Å²) in [6.07, 6.45) is 0.201. The smallest absolute Gasteiger partial charge is 0.239 e. The number of amides is 2. The van der Waals surface area contributed by atoms with Crippen molar-refractivity contribution in [2.24, 2.45) is 0 Å². The molecule has 10 heteroatoms. The number of rotatable bonds is 6. The van der Waals surface area contributed by atoms with Crippen molar-refractivity contribution in [1.82, 2.24) is 10.2 Å². The Hall–Kier alpha value is -3.26. The van der Waals surface area contributed by atoms with E-state index in [2.05, 4.69) is 21.6 Å². The minimum absolute atomic E-state index is 0.0252. The number of aliphatic hydroxyl groups is 1. The molecule has 178 valence electrons. The number of nitrogens with zero attached hydrogens (tertiary/aromatic N) is 2. The molecule has 0 aliphatic carbocycles. The quantitative estimate of drug-likeness (QED) is 0.557. The highest BCUT2D eigenvalue weighted by molar-refractivity contribution is 7.92. The second-order valence-electron chi connectivity index (χ2n) is 8.70. The number of carbonyl (C=O) groups is 2. The number of likely N-dealkylation sites (tertiary alicyclic amines) is 1. The first-order chi connectivity index (χ1) is 16.2. The molecule has 4 rings (SSSR count). The summed E-state index contributed by atoms with van der Waals surface area (Å²) in [5.74, 6) is -2.64. The predicted octanol–water partition coefficient (Wildman–Crippen LogP) is 0.964. The van der Waals surface area contributed by atoms with Gasteiger partial charge in [0.1, 0.15) is 5.75 Å². The molecular weight excluding hydrogens is 456 g/mol. The fraction of sp³-hybridized carbons (Fsp3) is 0.375. The molecule has 0 radical (unpaired) electrons. The van der Waals surface area contributed by atoms with Gasteiger partial charge in [0.05, 0.1) is 34.2 Å². The fourth-order valence-electron chi connectivity index (χ4n) is 4.77. The molecule has 2 aliphatic rings. The highest BCUT2D eigenvalue weighted by Crippen LogP contribution is 2.38. The maximum absolute atomic E-state index is 13.2. The SMILES string of the molecule is CNC(=O)C(c1ccc2c(c1)NC(=O)CS2(=O)=O)[C@H](CN1CC[C@H](O)C1)c1cccc(C#N)c1. The number of likely N-dealkylation sites (N-methyl/N-ethyl adjacent to an activating group) is 1. The molecule has 1 saturated heterocycles. The average Bonchev–Trinajstić information content (AvgIpc) is 3.22. The van der Waals surface area contributed by atoms with Crippen molar-refractivity contribution < 1.29 is 23.1 Å². The number of β-amino-alcohol motifs (C(OH)–C–C–N with tert-alkyl or cyclic N) is 1. The molecule has 9 nitrogen and oxygen atoms in total. The molecule has 34 heavy (non-hydrogen) atoms. The van der Waals surface area contributed by atoms with E-state index in [4.69, 9.17) is 0 Å². The lowest BCUT2D eigenvalue weighted by molar-refractivity contribution is -0.122. The minimum atomic E-state index is -3.75. The van der Waals surface area contributed by atoms with Crippen LogP contribution in [0.25, 0.3) is 0 Å². The van der Waals surface area contributed by atoms with Gasteiger partial charge < -0.3 is 20.6 Å². The van der Waals surface area contributed by atoms with Crippen molar-refractivity contribution in [1.29, 1.82) is 5.26 Å². The summed E-state index contributed by atoms with van der Waals surface area (Å²) in [5.41, 5.74) is 1.94. The van der Waals surface area contributed by atoms with Gasteiger partial charge in [0.2, 0.25) is 11.8 Å². The van der Waals surface area contributed by atoms with Crippen molar-refractivity contribution in [3.63, 3.8) is 0 Å². The standard InChI is InChI=1S/C24H26N4O5S/c1-26-24(31)23(17-5-6-21-20(10-17)27-22(30)14-34(21,32)33)19(13-28-8-7-18(29)12-28)16-4-2-3-15(9-16)11-25/h2-6,9-10,18-19,23,29H,7-8,12-14H2,1H3,(H,26,31)(H,27,30)/t18-,19+,23?/m0/s1. The molecule has 1 unspecified atom stereocenters. The van der Waals surface area contributed by atoms with E-state index in [-0.39, 0.29) is 16.5 Å². The van der Waals surface area contributed by atoms with Crippen LogP contribution in [-0.4, -0.2) is 68.8 Å². The van der Waals surface area contributed by atoms with Crippen LogP contribution in [0.2, 0.25) is 0 Å². The number of anilines is 1. The zero-order valence-corrected chi connectivity index (χ0v) is 19.5. The summed E-state index contributed by atoms with van der Waals surface area (Å²) >= 11 is 0. The van der Waals surface area contributed by atoms with E-state index in [1.807, 2.05) is 6.07 Å². The van der Waals surface area contributed by atoms with Crippen molar-refractivity contribution in [2.75, 3.05) is 37.8 Å². The lowest BCUT2D eigenvalue weighted by Gasteiger charge is -2.31. The van der Waals surface area contributed by atoms with Crippen LogP contribution in [0.15, 0.2) is 47.4 Å². The summed E-state index contributed by atoms with van der Waals surface area (Å²) < 4.78 is 24.9. The minimum Gasteiger partial charge on any atom is -0.392 e. The molecule has 3 atom stereocenters. The molecule has 0 spiro atoms. The first-order valence-corrected chi connectivity index (χ1v) is 12.7.